The number of nitrogens with one attached hydrogen (secondary N) is 1. The highest BCUT2D eigenvalue weighted by Crippen LogP contribution is 2.45. The van der Waals surface area contributed by atoms with Gasteiger partial charge in [-0.2, -0.15) is 0 Å². The fraction of sp³-hybridized carbons (Fsp3) is 0.750. The zero-order valence-electron chi connectivity index (χ0n) is 24.7. The first-order valence-electron chi connectivity index (χ1n) is 13.5. The van der Waals surface area contributed by atoms with Gasteiger partial charge in [0, 0.05) is 25.4 Å². The van der Waals surface area contributed by atoms with Crippen molar-refractivity contribution in [3.63, 3.8) is 0 Å². The van der Waals surface area contributed by atoms with Crippen LogP contribution in [0.5, 0.6) is 0 Å². The van der Waals surface area contributed by atoms with E-state index in [2.05, 4.69) is 38.6 Å². The van der Waals surface area contributed by atoms with Crippen molar-refractivity contribution >= 4 is 24.3 Å². The van der Waals surface area contributed by atoms with Gasteiger partial charge in [0.05, 0.1) is 24.0 Å². The van der Waals surface area contributed by atoms with Gasteiger partial charge >= 0.3 is 5.97 Å². The Bertz CT molecular complexity index is 1080. The molecule has 1 heterocycles. The summed E-state index contributed by atoms with van der Waals surface area (Å²) in [6.07, 6.45) is -0.238. The maximum atomic E-state index is 13.4. The lowest BCUT2D eigenvalue weighted by Gasteiger charge is -2.46. The number of carbonyl (C=O) groups is 1. The van der Waals surface area contributed by atoms with Crippen LogP contribution >= 0.6 is 0 Å². The van der Waals surface area contributed by atoms with Crippen LogP contribution in [0.25, 0.3) is 0 Å². The number of benzene rings is 1. The van der Waals surface area contributed by atoms with Gasteiger partial charge in [0.2, 0.25) is 10.0 Å². The molecule has 1 N–H and O–H groups in total. The van der Waals surface area contributed by atoms with E-state index in [4.69, 9.17) is 18.6 Å². The summed E-state index contributed by atoms with van der Waals surface area (Å²) < 4.78 is 54.8. The Morgan fingerprint density at radius 3 is 2.32 bits per heavy atom. The second-order valence-electron chi connectivity index (χ2n) is 13.0. The molecule has 0 amide bonds. The summed E-state index contributed by atoms with van der Waals surface area (Å²) in [5.74, 6) is -1.78. The van der Waals surface area contributed by atoms with Crippen molar-refractivity contribution in [3.05, 3.63) is 35.4 Å². The highest BCUT2D eigenvalue weighted by Gasteiger charge is 2.54. The van der Waals surface area contributed by atoms with Crippen molar-refractivity contribution in [2.24, 2.45) is 5.92 Å². The molecule has 0 bridgehead atoms. The molecule has 1 saturated carbocycles. The highest BCUT2D eigenvalue weighted by molar-refractivity contribution is 7.88. The van der Waals surface area contributed by atoms with E-state index in [0.29, 0.717) is 18.4 Å². The first-order valence-corrected chi connectivity index (χ1v) is 18.1. The molecule has 1 aliphatic heterocycles. The maximum Gasteiger partial charge on any atom is 0.302 e. The minimum Gasteiger partial charge on any atom is -0.461 e. The van der Waals surface area contributed by atoms with Crippen LogP contribution in [0.2, 0.25) is 18.1 Å². The number of sulfonamides is 1. The Morgan fingerprint density at radius 1 is 1.16 bits per heavy atom. The third kappa shape index (κ3) is 7.88. The van der Waals surface area contributed by atoms with Crippen molar-refractivity contribution in [2.45, 2.75) is 128 Å². The lowest BCUT2D eigenvalue weighted by molar-refractivity contribution is -0.155. The van der Waals surface area contributed by atoms with Gasteiger partial charge < -0.3 is 18.6 Å². The zero-order valence-corrected chi connectivity index (χ0v) is 26.5. The minimum absolute atomic E-state index is 0.0196. The minimum atomic E-state index is -3.78. The van der Waals surface area contributed by atoms with Gasteiger partial charge in [0.25, 0.3) is 0 Å². The Labute approximate surface area is 230 Å². The molecule has 38 heavy (non-hydrogen) atoms. The van der Waals surface area contributed by atoms with E-state index in [-0.39, 0.29) is 35.0 Å². The summed E-state index contributed by atoms with van der Waals surface area (Å²) in [5, 5.41) is 0.0196. The Balaban J connectivity index is 1.94. The Kier molecular flexibility index (Phi) is 9.28. The van der Waals surface area contributed by atoms with Crippen LogP contribution in [0.4, 0.5) is 0 Å². The molecule has 1 aromatic carbocycles. The van der Waals surface area contributed by atoms with Crippen LogP contribution in [-0.4, -0.2) is 58.9 Å². The van der Waals surface area contributed by atoms with Gasteiger partial charge in [-0.05, 0) is 57.8 Å². The molecule has 1 aromatic rings. The molecular formula is C28H47NO7SSi. The van der Waals surface area contributed by atoms with E-state index in [0.717, 1.165) is 5.56 Å². The third-order valence-electron chi connectivity index (χ3n) is 8.05. The predicted molar refractivity (Wildman–Crippen MR) is 151 cm³/mol. The zero-order chi connectivity index (χ0) is 28.7. The number of fused-ring (bicyclic) bond motifs is 1. The molecule has 10 heteroatoms. The monoisotopic (exact) mass is 569 g/mol. The van der Waals surface area contributed by atoms with Crippen molar-refractivity contribution in [1.82, 2.24) is 4.72 Å². The topological polar surface area (TPSA) is 100 Å². The molecule has 2 fully saturated rings. The summed E-state index contributed by atoms with van der Waals surface area (Å²) in [4.78, 5) is 11.9. The first-order chi connectivity index (χ1) is 17.3. The van der Waals surface area contributed by atoms with E-state index in [1.54, 1.807) is 6.92 Å². The van der Waals surface area contributed by atoms with Crippen molar-refractivity contribution < 1.29 is 31.8 Å². The molecule has 0 aromatic heterocycles. The highest BCUT2D eigenvalue weighted by atomic mass is 32.2. The predicted octanol–water partition coefficient (Wildman–Crippen LogP) is 5.06. The largest absolute Gasteiger partial charge is 0.461 e. The molecule has 216 valence electrons. The van der Waals surface area contributed by atoms with Gasteiger partial charge in [-0.1, -0.05) is 50.6 Å². The number of rotatable bonds is 9. The van der Waals surface area contributed by atoms with Gasteiger partial charge in [-0.25, -0.2) is 13.1 Å². The molecular weight excluding hydrogens is 522 g/mol. The van der Waals surface area contributed by atoms with Crippen LogP contribution in [-0.2, 0) is 39.2 Å². The normalized spacial score (nSPS) is 27.4. The fourth-order valence-corrected chi connectivity index (χ4v) is 8.14. The Hall–Kier alpha value is -1.30. The molecule has 6 atom stereocenters. The van der Waals surface area contributed by atoms with Crippen LogP contribution in [0.15, 0.2) is 24.3 Å². The number of aryl methyl sites for hydroxylation is 1. The van der Waals surface area contributed by atoms with Crippen LogP contribution in [0.1, 0.15) is 72.4 Å². The molecule has 1 aliphatic carbocycles. The molecule has 0 radical (unpaired) electrons. The second kappa shape index (κ2) is 11.3. The summed E-state index contributed by atoms with van der Waals surface area (Å²) in [5.41, 5.74) is 1.74. The number of hydrogen-bond donors (Lipinski definition) is 1. The quantitative estimate of drug-likeness (QED) is 0.328. The molecule has 1 unspecified atom stereocenters. The fourth-order valence-electron chi connectivity index (χ4n) is 5.26. The Morgan fingerprint density at radius 2 is 1.76 bits per heavy atom. The van der Waals surface area contributed by atoms with Crippen molar-refractivity contribution in [1.29, 1.82) is 0 Å². The van der Waals surface area contributed by atoms with Crippen LogP contribution in [0, 0.1) is 12.8 Å². The average molecular weight is 570 g/mol. The van der Waals surface area contributed by atoms with E-state index >= 15 is 0 Å². The number of hydrogen-bond acceptors (Lipinski definition) is 7. The summed E-state index contributed by atoms with van der Waals surface area (Å²) in [7, 11) is -5.89. The lowest BCUT2D eigenvalue weighted by Crippen LogP contribution is -2.58. The average Bonchev–Trinajstić information content (AvgIpc) is 3.05. The van der Waals surface area contributed by atoms with Gasteiger partial charge in [-0.15, -0.1) is 0 Å². The van der Waals surface area contributed by atoms with E-state index < -0.39 is 42.2 Å². The molecule has 2 aliphatic rings. The third-order valence-corrected chi connectivity index (χ3v) is 13.9. The van der Waals surface area contributed by atoms with E-state index in [1.165, 1.54) is 6.92 Å². The molecule has 0 spiro atoms. The number of ether oxygens (including phenoxy) is 3. The molecule has 1 saturated heterocycles. The summed E-state index contributed by atoms with van der Waals surface area (Å²) in [6, 6.07) is 6.70. The second-order valence-corrected chi connectivity index (χ2v) is 19.5. The lowest BCUT2D eigenvalue weighted by atomic mass is 9.77. The van der Waals surface area contributed by atoms with Crippen molar-refractivity contribution in [3.8, 4) is 0 Å². The standard InChI is InChI=1S/C28H47NO7SSi/c1-18-11-13-21(14-12-18)17-37(31,32)29-25(19(2)33-20(3)30)23-15-22(36-38(9,10)27(4,5)6)16-24-26(23)35-28(7,8)34-24/h11-14,19,22-26,29H,15-17H2,1-10H3/t19-,22+,23?,24+,25-,26+/m0/s1. The van der Waals surface area contributed by atoms with E-state index in [1.807, 2.05) is 45.0 Å². The van der Waals surface area contributed by atoms with Gasteiger partial charge in [0.15, 0.2) is 14.1 Å². The van der Waals surface area contributed by atoms with Gasteiger partial charge in [-0.3, -0.25) is 4.79 Å². The van der Waals surface area contributed by atoms with Gasteiger partial charge in [0.1, 0.15) is 6.10 Å². The number of esters is 1. The van der Waals surface area contributed by atoms with Crippen molar-refractivity contribution in [2.75, 3.05) is 0 Å². The summed E-state index contributed by atoms with van der Waals surface area (Å²) >= 11 is 0. The van der Waals surface area contributed by atoms with Crippen LogP contribution in [0.3, 0.4) is 0 Å². The summed E-state index contributed by atoms with van der Waals surface area (Å²) in [6.45, 7) is 19.8. The number of carbonyl (C=O) groups excluding carboxylic acids is 1. The first kappa shape index (κ1) is 31.2. The molecule has 3 rings (SSSR count). The maximum absolute atomic E-state index is 13.4. The SMILES string of the molecule is CC(=O)O[C@@H](C)[C@H](NS(=O)(=O)Cc1ccc(C)cc1)C1C[C@@H](O[Si](C)(C)C(C)(C)C)C[C@H]2OC(C)(C)O[C@H]12. The molecule has 8 nitrogen and oxygen atoms in total. The van der Waals surface area contributed by atoms with E-state index in [9.17, 15) is 13.2 Å². The van der Waals surface area contributed by atoms with Crippen LogP contribution < -0.4 is 4.72 Å². The smallest absolute Gasteiger partial charge is 0.302 e.